The number of nitrogens with zero attached hydrogens (tertiary/aromatic N) is 3. The van der Waals surface area contributed by atoms with Gasteiger partial charge in [0.05, 0.1) is 12.8 Å². The molecule has 0 saturated carbocycles. The van der Waals surface area contributed by atoms with Gasteiger partial charge in [0.1, 0.15) is 11.5 Å². The maximum Gasteiger partial charge on any atom is 0.226 e. The molecule has 4 rings (SSSR count). The van der Waals surface area contributed by atoms with Crippen LogP contribution < -0.4 is 4.74 Å². The number of benzene rings is 1. The maximum atomic E-state index is 6.10. The summed E-state index contributed by atoms with van der Waals surface area (Å²) in [7, 11) is 1.70. The first kappa shape index (κ1) is 19.6. The number of methoxy groups -OCH3 is 1. The van der Waals surface area contributed by atoms with Gasteiger partial charge >= 0.3 is 0 Å². The topological polar surface area (TPSA) is 51.4 Å². The van der Waals surface area contributed by atoms with Gasteiger partial charge in [0.15, 0.2) is 0 Å². The summed E-state index contributed by atoms with van der Waals surface area (Å²) < 4.78 is 11.5. The van der Waals surface area contributed by atoms with Crippen molar-refractivity contribution in [2.24, 2.45) is 0 Å². The summed E-state index contributed by atoms with van der Waals surface area (Å²) in [6.45, 7) is 8.04. The molecule has 1 unspecified atom stereocenters. The summed E-state index contributed by atoms with van der Waals surface area (Å²) in [4.78, 5) is 11.7. The van der Waals surface area contributed by atoms with E-state index in [1.54, 1.807) is 7.11 Å². The second-order valence-corrected chi connectivity index (χ2v) is 7.86. The standard InChI is InChI=1S/C24H29N3O2/c1-16-17(2)23(28-4)11-10-20(16)24-26-21(18(3)29-24)15-27-13-6-5-9-22(27)19-8-7-12-25-14-19/h7-8,10-12,14,22H,5-6,9,13,15H2,1-4H3. The summed E-state index contributed by atoms with van der Waals surface area (Å²) in [5.41, 5.74) is 5.59. The first-order chi connectivity index (χ1) is 14.1. The van der Waals surface area contributed by atoms with Gasteiger partial charge in [-0.25, -0.2) is 4.98 Å². The van der Waals surface area contributed by atoms with Crippen LogP contribution in [-0.4, -0.2) is 28.5 Å². The highest BCUT2D eigenvalue weighted by Crippen LogP contribution is 2.34. The Morgan fingerprint density at radius 3 is 2.76 bits per heavy atom. The van der Waals surface area contributed by atoms with Crippen molar-refractivity contribution in [2.75, 3.05) is 13.7 Å². The number of likely N-dealkylation sites (tertiary alicyclic amines) is 1. The largest absolute Gasteiger partial charge is 0.496 e. The van der Waals surface area contributed by atoms with Crippen LogP contribution in [0.4, 0.5) is 0 Å². The van der Waals surface area contributed by atoms with Crippen LogP contribution in [0, 0.1) is 20.8 Å². The van der Waals surface area contributed by atoms with E-state index in [0.717, 1.165) is 53.4 Å². The van der Waals surface area contributed by atoms with E-state index in [9.17, 15) is 0 Å². The van der Waals surface area contributed by atoms with Crippen LogP contribution in [0.15, 0.2) is 41.1 Å². The maximum absolute atomic E-state index is 6.10. The van der Waals surface area contributed by atoms with E-state index in [0.29, 0.717) is 11.9 Å². The SMILES string of the molecule is COc1ccc(-c2nc(CN3CCCCC3c3cccnc3)c(C)o2)c(C)c1C. The van der Waals surface area contributed by atoms with E-state index in [1.165, 1.54) is 18.4 Å². The molecule has 0 N–H and O–H groups in total. The zero-order valence-electron chi connectivity index (χ0n) is 17.7. The predicted molar refractivity (Wildman–Crippen MR) is 114 cm³/mol. The first-order valence-electron chi connectivity index (χ1n) is 10.3. The molecule has 5 nitrogen and oxygen atoms in total. The van der Waals surface area contributed by atoms with Crippen molar-refractivity contribution in [1.29, 1.82) is 0 Å². The van der Waals surface area contributed by atoms with Crippen molar-refractivity contribution in [2.45, 2.75) is 52.6 Å². The molecule has 0 aliphatic carbocycles. The van der Waals surface area contributed by atoms with Crippen LogP contribution >= 0.6 is 0 Å². The Balaban J connectivity index is 1.61. The normalized spacial score (nSPS) is 17.4. The van der Waals surface area contributed by atoms with Gasteiger partial charge in [-0.15, -0.1) is 0 Å². The average molecular weight is 392 g/mol. The van der Waals surface area contributed by atoms with E-state index >= 15 is 0 Å². The van der Waals surface area contributed by atoms with Crippen LogP contribution in [-0.2, 0) is 6.54 Å². The molecule has 0 radical (unpaired) electrons. The fourth-order valence-electron chi connectivity index (χ4n) is 4.26. The van der Waals surface area contributed by atoms with Crippen molar-refractivity contribution >= 4 is 0 Å². The second-order valence-electron chi connectivity index (χ2n) is 7.86. The van der Waals surface area contributed by atoms with E-state index in [-0.39, 0.29) is 0 Å². The third kappa shape index (κ3) is 3.92. The van der Waals surface area contributed by atoms with Crippen molar-refractivity contribution in [3.05, 3.63) is 64.8 Å². The number of aryl methyl sites for hydroxylation is 1. The number of hydrogen-bond donors (Lipinski definition) is 0. The lowest BCUT2D eigenvalue weighted by atomic mass is 9.96. The van der Waals surface area contributed by atoms with E-state index in [4.69, 9.17) is 14.1 Å². The van der Waals surface area contributed by atoms with E-state index < -0.39 is 0 Å². The quantitative estimate of drug-likeness (QED) is 0.583. The first-order valence-corrected chi connectivity index (χ1v) is 10.3. The molecular formula is C24H29N3O2. The van der Waals surface area contributed by atoms with E-state index in [2.05, 4.69) is 29.8 Å². The Morgan fingerprint density at radius 1 is 1.14 bits per heavy atom. The summed E-state index contributed by atoms with van der Waals surface area (Å²) in [6.07, 6.45) is 7.46. The number of hydrogen-bond acceptors (Lipinski definition) is 5. The molecular weight excluding hydrogens is 362 g/mol. The Labute approximate surface area is 172 Å². The van der Waals surface area contributed by atoms with Gasteiger partial charge in [0, 0.05) is 30.5 Å². The lowest BCUT2D eigenvalue weighted by molar-refractivity contribution is 0.138. The van der Waals surface area contributed by atoms with E-state index in [1.807, 2.05) is 37.5 Å². The van der Waals surface area contributed by atoms with Crippen molar-refractivity contribution < 1.29 is 9.15 Å². The van der Waals surface area contributed by atoms with Gasteiger partial charge in [-0.2, -0.15) is 0 Å². The van der Waals surface area contributed by atoms with Gasteiger partial charge in [-0.1, -0.05) is 12.5 Å². The summed E-state index contributed by atoms with van der Waals surface area (Å²) >= 11 is 0. The minimum Gasteiger partial charge on any atom is -0.496 e. The van der Waals surface area contributed by atoms with Gasteiger partial charge < -0.3 is 9.15 Å². The molecule has 3 heterocycles. The van der Waals surface area contributed by atoms with Gasteiger partial charge in [-0.05, 0) is 75.0 Å². The molecule has 1 aliphatic rings. The van der Waals surface area contributed by atoms with Crippen LogP contribution in [0.2, 0.25) is 0 Å². The van der Waals surface area contributed by atoms with Crippen LogP contribution in [0.25, 0.3) is 11.5 Å². The highest BCUT2D eigenvalue weighted by atomic mass is 16.5. The number of oxazole rings is 1. The van der Waals surface area contributed by atoms with Crippen LogP contribution in [0.1, 0.15) is 53.4 Å². The molecule has 1 saturated heterocycles. The second kappa shape index (κ2) is 8.37. The van der Waals surface area contributed by atoms with Crippen molar-refractivity contribution in [3.63, 3.8) is 0 Å². The number of aromatic nitrogens is 2. The minimum atomic E-state index is 0.391. The average Bonchev–Trinajstić information content (AvgIpc) is 3.11. The number of pyridine rings is 1. The summed E-state index contributed by atoms with van der Waals surface area (Å²) in [6, 6.07) is 8.62. The molecule has 0 amide bonds. The zero-order valence-corrected chi connectivity index (χ0v) is 17.7. The number of ether oxygens (including phenoxy) is 1. The van der Waals surface area contributed by atoms with Crippen molar-refractivity contribution in [3.8, 4) is 17.2 Å². The zero-order chi connectivity index (χ0) is 20.4. The lowest BCUT2D eigenvalue weighted by Crippen LogP contribution is -2.33. The number of piperidine rings is 1. The van der Waals surface area contributed by atoms with Gasteiger partial charge in [0.2, 0.25) is 5.89 Å². The molecule has 5 heteroatoms. The molecule has 1 fully saturated rings. The number of rotatable bonds is 5. The Bertz CT molecular complexity index is 981. The molecule has 1 atom stereocenters. The molecule has 29 heavy (non-hydrogen) atoms. The lowest BCUT2D eigenvalue weighted by Gasteiger charge is -2.35. The minimum absolute atomic E-state index is 0.391. The summed E-state index contributed by atoms with van der Waals surface area (Å²) in [5, 5.41) is 0. The molecule has 2 aromatic heterocycles. The highest BCUT2D eigenvalue weighted by Gasteiger charge is 2.26. The summed E-state index contributed by atoms with van der Waals surface area (Å²) in [5.74, 6) is 2.47. The fourth-order valence-corrected chi connectivity index (χ4v) is 4.26. The molecule has 0 bridgehead atoms. The van der Waals surface area contributed by atoms with Crippen LogP contribution in [0.5, 0.6) is 5.75 Å². The fraction of sp³-hybridized carbons (Fsp3) is 0.417. The molecule has 1 aromatic carbocycles. The Kier molecular flexibility index (Phi) is 5.67. The van der Waals surface area contributed by atoms with Gasteiger partial charge in [-0.3, -0.25) is 9.88 Å². The molecule has 1 aliphatic heterocycles. The van der Waals surface area contributed by atoms with Gasteiger partial charge in [0.25, 0.3) is 0 Å². The van der Waals surface area contributed by atoms with Crippen molar-refractivity contribution in [1.82, 2.24) is 14.9 Å². The predicted octanol–water partition coefficient (Wildman–Crippen LogP) is 5.40. The van der Waals surface area contributed by atoms with Crippen LogP contribution in [0.3, 0.4) is 0 Å². The monoisotopic (exact) mass is 391 g/mol. The Hall–Kier alpha value is -2.66. The smallest absolute Gasteiger partial charge is 0.226 e. The molecule has 0 spiro atoms. The molecule has 152 valence electrons. The third-order valence-corrected chi connectivity index (χ3v) is 6.12. The Morgan fingerprint density at radius 2 is 2.00 bits per heavy atom. The third-order valence-electron chi connectivity index (χ3n) is 6.12. The molecule has 3 aromatic rings. The highest BCUT2D eigenvalue weighted by molar-refractivity contribution is 5.63.